The molecule has 80 valence electrons. The minimum atomic E-state index is -1.04. The van der Waals surface area contributed by atoms with E-state index in [-0.39, 0.29) is 12.0 Å². The maximum absolute atomic E-state index is 10.8. The van der Waals surface area contributed by atoms with E-state index in [1.807, 2.05) is 6.07 Å². The second-order valence-corrected chi connectivity index (χ2v) is 2.89. The van der Waals surface area contributed by atoms with Crippen molar-refractivity contribution in [2.24, 2.45) is 0 Å². The van der Waals surface area contributed by atoms with E-state index in [0.717, 1.165) is 0 Å². The van der Waals surface area contributed by atoms with Gasteiger partial charge in [0.1, 0.15) is 5.75 Å². The minimum Gasteiger partial charge on any atom is -0.497 e. The molecule has 0 unspecified atom stereocenters. The largest absolute Gasteiger partial charge is 0.497 e. The summed E-state index contributed by atoms with van der Waals surface area (Å²) in [6.45, 7) is 0. The lowest BCUT2D eigenvalue weighted by Crippen LogP contribution is -1.98. The SMILES string of the molecule is COc1cc(C#CCC#N)cc(C(=O)O)c1. The molecule has 0 fully saturated rings. The van der Waals surface area contributed by atoms with Crippen molar-refractivity contribution in [3.8, 4) is 23.7 Å². The average molecular weight is 215 g/mol. The van der Waals surface area contributed by atoms with Gasteiger partial charge in [-0.25, -0.2) is 4.79 Å². The standard InChI is InChI=1S/C12H9NO3/c1-16-11-7-9(4-2-3-5-13)6-10(8-11)12(14)15/h6-8H,3H2,1H3,(H,14,15). The van der Waals surface area contributed by atoms with Crippen molar-refractivity contribution in [3.63, 3.8) is 0 Å². The van der Waals surface area contributed by atoms with Gasteiger partial charge in [0.25, 0.3) is 0 Å². The van der Waals surface area contributed by atoms with E-state index in [1.54, 1.807) is 6.07 Å². The van der Waals surface area contributed by atoms with Gasteiger partial charge in [-0.1, -0.05) is 11.8 Å². The summed E-state index contributed by atoms with van der Waals surface area (Å²) < 4.78 is 4.96. The number of nitriles is 1. The van der Waals surface area contributed by atoms with Gasteiger partial charge in [-0.05, 0) is 18.2 Å². The molecule has 0 aliphatic heterocycles. The lowest BCUT2D eigenvalue weighted by atomic mass is 10.1. The van der Waals surface area contributed by atoms with Gasteiger partial charge in [0.2, 0.25) is 0 Å². The van der Waals surface area contributed by atoms with Crippen molar-refractivity contribution >= 4 is 5.97 Å². The topological polar surface area (TPSA) is 70.3 Å². The zero-order chi connectivity index (χ0) is 12.0. The van der Waals surface area contributed by atoms with Crippen LogP contribution in [0.25, 0.3) is 0 Å². The van der Waals surface area contributed by atoms with E-state index in [2.05, 4.69) is 11.8 Å². The van der Waals surface area contributed by atoms with Crippen LogP contribution in [0.1, 0.15) is 22.3 Å². The Kier molecular flexibility index (Phi) is 3.94. The average Bonchev–Trinajstić information content (AvgIpc) is 2.29. The molecular formula is C12H9NO3. The summed E-state index contributed by atoms with van der Waals surface area (Å²) in [6.07, 6.45) is 0.111. The first-order valence-corrected chi connectivity index (χ1v) is 4.45. The zero-order valence-corrected chi connectivity index (χ0v) is 8.65. The minimum absolute atomic E-state index is 0.111. The van der Waals surface area contributed by atoms with Crippen LogP contribution in [0.4, 0.5) is 0 Å². The Hall–Kier alpha value is -2.46. The van der Waals surface area contributed by atoms with Gasteiger partial charge in [0.05, 0.1) is 25.2 Å². The number of carboxylic acids is 1. The number of nitrogens with zero attached hydrogens (tertiary/aromatic N) is 1. The van der Waals surface area contributed by atoms with Crippen LogP contribution < -0.4 is 4.74 Å². The van der Waals surface area contributed by atoms with Crippen LogP contribution in [0.5, 0.6) is 5.75 Å². The van der Waals surface area contributed by atoms with Gasteiger partial charge >= 0.3 is 5.97 Å². The molecule has 1 N–H and O–H groups in total. The number of carbonyl (C=O) groups is 1. The fourth-order valence-electron chi connectivity index (χ4n) is 1.10. The van der Waals surface area contributed by atoms with Crippen LogP contribution >= 0.6 is 0 Å². The number of hydrogen-bond acceptors (Lipinski definition) is 3. The van der Waals surface area contributed by atoms with Gasteiger partial charge in [-0.2, -0.15) is 5.26 Å². The molecule has 0 aromatic heterocycles. The Labute approximate surface area is 93.1 Å². The highest BCUT2D eigenvalue weighted by Gasteiger charge is 2.06. The van der Waals surface area contributed by atoms with Crippen molar-refractivity contribution in [1.29, 1.82) is 5.26 Å². The molecular weight excluding hydrogens is 206 g/mol. The summed E-state index contributed by atoms with van der Waals surface area (Å²) in [5.74, 6) is 4.70. The molecule has 0 spiro atoms. The quantitative estimate of drug-likeness (QED) is 0.761. The molecule has 0 atom stereocenters. The Balaban J connectivity index is 3.11. The zero-order valence-electron chi connectivity index (χ0n) is 8.65. The van der Waals surface area contributed by atoms with Gasteiger partial charge in [-0.15, -0.1) is 0 Å². The molecule has 16 heavy (non-hydrogen) atoms. The summed E-state index contributed by atoms with van der Waals surface area (Å²) in [7, 11) is 1.45. The summed E-state index contributed by atoms with van der Waals surface area (Å²) in [4.78, 5) is 10.8. The molecule has 4 nitrogen and oxygen atoms in total. The molecule has 1 rings (SSSR count). The monoisotopic (exact) mass is 215 g/mol. The smallest absolute Gasteiger partial charge is 0.335 e. The maximum atomic E-state index is 10.8. The van der Waals surface area contributed by atoms with Gasteiger partial charge in [-0.3, -0.25) is 0 Å². The lowest BCUT2D eigenvalue weighted by molar-refractivity contribution is 0.0696. The number of rotatable bonds is 2. The number of ether oxygens (including phenoxy) is 1. The van der Waals surface area contributed by atoms with Crippen LogP contribution in [0.15, 0.2) is 18.2 Å². The third-order valence-electron chi connectivity index (χ3n) is 1.79. The lowest BCUT2D eigenvalue weighted by Gasteiger charge is -2.02. The Bertz CT molecular complexity index is 503. The first-order chi connectivity index (χ1) is 7.67. The van der Waals surface area contributed by atoms with Crippen molar-refractivity contribution in [2.75, 3.05) is 7.11 Å². The molecule has 0 saturated heterocycles. The van der Waals surface area contributed by atoms with Crippen LogP contribution in [-0.2, 0) is 0 Å². The molecule has 0 amide bonds. The number of benzene rings is 1. The molecule has 0 bridgehead atoms. The van der Waals surface area contributed by atoms with E-state index in [9.17, 15) is 4.79 Å². The number of carboxylic acid groups (broad SMARTS) is 1. The predicted octanol–water partition coefficient (Wildman–Crippen LogP) is 1.66. The summed E-state index contributed by atoms with van der Waals surface area (Å²) >= 11 is 0. The second-order valence-electron chi connectivity index (χ2n) is 2.89. The first-order valence-electron chi connectivity index (χ1n) is 4.45. The van der Waals surface area contributed by atoms with Crippen molar-refractivity contribution in [2.45, 2.75) is 6.42 Å². The highest BCUT2D eigenvalue weighted by Crippen LogP contribution is 2.16. The fourth-order valence-corrected chi connectivity index (χ4v) is 1.10. The van der Waals surface area contributed by atoms with Gasteiger partial charge < -0.3 is 9.84 Å². The molecule has 1 aromatic rings. The Morgan fingerprint density at radius 3 is 2.81 bits per heavy atom. The summed E-state index contributed by atoms with van der Waals surface area (Å²) in [6, 6.07) is 6.36. The van der Waals surface area contributed by atoms with Crippen LogP contribution in [-0.4, -0.2) is 18.2 Å². The van der Waals surface area contributed by atoms with E-state index in [1.165, 1.54) is 19.2 Å². The highest BCUT2D eigenvalue weighted by molar-refractivity contribution is 5.88. The third kappa shape index (κ3) is 3.04. The molecule has 1 aromatic carbocycles. The third-order valence-corrected chi connectivity index (χ3v) is 1.79. The van der Waals surface area contributed by atoms with Crippen LogP contribution in [0.2, 0.25) is 0 Å². The highest BCUT2D eigenvalue weighted by atomic mass is 16.5. The number of aromatic carboxylic acids is 1. The maximum Gasteiger partial charge on any atom is 0.335 e. The van der Waals surface area contributed by atoms with Gasteiger partial charge in [0.15, 0.2) is 0 Å². The Morgan fingerprint density at radius 1 is 1.50 bits per heavy atom. The van der Waals surface area contributed by atoms with Crippen molar-refractivity contribution in [1.82, 2.24) is 0 Å². The van der Waals surface area contributed by atoms with Crippen LogP contribution in [0.3, 0.4) is 0 Å². The molecule has 0 aliphatic carbocycles. The first kappa shape index (κ1) is 11.6. The van der Waals surface area contributed by atoms with Crippen molar-refractivity contribution < 1.29 is 14.6 Å². The molecule has 0 radical (unpaired) electrons. The molecule has 0 saturated carbocycles. The van der Waals surface area contributed by atoms with Crippen LogP contribution in [0, 0.1) is 23.2 Å². The second kappa shape index (κ2) is 5.43. The van der Waals surface area contributed by atoms with Crippen molar-refractivity contribution in [3.05, 3.63) is 29.3 Å². The summed E-state index contributed by atoms with van der Waals surface area (Å²) in [5.41, 5.74) is 0.632. The normalized spacial score (nSPS) is 8.50. The number of hydrogen-bond donors (Lipinski definition) is 1. The van der Waals surface area contributed by atoms with E-state index < -0.39 is 5.97 Å². The Morgan fingerprint density at radius 2 is 2.25 bits per heavy atom. The van der Waals surface area contributed by atoms with Gasteiger partial charge in [0, 0.05) is 5.56 Å². The summed E-state index contributed by atoms with van der Waals surface area (Å²) in [5, 5.41) is 17.2. The fraction of sp³-hybridized carbons (Fsp3) is 0.167. The molecule has 4 heteroatoms. The van der Waals surface area contributed by atoms with E-state index in [0.29, 0.717) is 11.3 Å². The van der Waals surface area contributed by atoms with E-state index in [4.69, 9.17) is 15.1 Å². The molecule has 0 heterocycles. The molecule has 0 aliphatic rings. The number of methoxy groups -OCH3 is 1. The predicted molar refractivity (Wildman–Crippen MR) is 57.1 cm³/mol. The van der Waals surface area contributed by atoms with E-state index >= 15 is 0 Å².